The van der Waals surface area contributed by atoms with Gasteiger partial charge in [0.2, 0.25) is 0 Å². The number of hydrogen-bond donors (Lipinski definition) is 2. The van der Waals surface area contributed by atoms with Gasteiger partial charge in [-0.15, -0.1) is 0 Å². The first kappa shape index (κ1) is 15.9. The molecule has 1 aromatic rings. The van der Waals surface area contributed by atoms with Crippen molar-refractivity contribution in [3.05, 3.63) is 35.9 Å². The average molecular weight is 293 g/mol. The van der Waals surface area contributed by atoms with Crippen LogP contribution < -0.4 is 5.73 Å². The van der Waals surface area contributed by atoms with E-state index in [2.05, 4.69) is 0 Å². The van der Waals surface area contributed by atoms with E-state index in [1.54, 1.807) is 31.4 Å². The van der Waals surface area contributed by atoms with Crippen molar-refractivity contribution in [3.63, 3.8) is 0 Å². The second-order valence-electron chi connectivity index (χ2n) is 5.60. The predicted molar refractivity (Wildman–Crippen MR) is 78.9 cm³/mol. The average Bonchev–Trinajstić information content (AvgIpc) is 2.53. The third kappa shape index (κ3) is 3.81. The Bertz CT molecular complexity index is 465. The van der Waals surface area contributed by atoms with Crippen molar-refractivity contribution in [2.75, 3.05) is 13.7 Å². The van der Waals surface area contributed by atoms with E-state index >= 15 is 0 Å². The van der Waals surface area contributed by atoms with Crippen LogP contribution in [0.5, 0.6) is 0 Å². The van der Waals surface area contributed by atoms with E-state index in [1.165, 1.54) is 0 Å². The van der Waals surface area contributed by atoms with Crippen molar-refractivity contribution in [2.45, 2.75) is 43.4 Å². The second-order valence-corrected chi connectivity index (χ2v) is 5.60. The highest BCUT2D eigenvalue weighted by molar-refractivity contribution is 5.80. The number of rotatable bonds is 6. The van der Waals surface area contributed by atoms with E-state index in [0.29, 0.717) is 5.56 Å². The molecule has 1 aliphatic carbocycles. The number of benzene rings is 1. The number of carboxylic acids is 1. The molecule has 0 aliphatic heterocycles. The van der Waals surface area contributed by atoms with Gasteiger partial charge in [0.15, 0.2) is 5.54 Å². The zero-order chi connectivity index (χ0) is 15.3. The monoisotopic (exact) mass is 293 g/mol. The minimum absolute atomic E-state index is 0.00897. The predicted octanol–water partition coefficient (Wildman–Crippen LogP) is 1.90. The summed E-state index contributed by atoms with van der Waals surface area (Å²) in [5.41, 5.74) is 5.13. The fraction of sp³-hybridized carbons (Fsp3) is 0.562. The lowest BCUT2D eigenvalue weighted by atomic mass is 9.91. The Morgan fingerprint density at radius 1 is 1.33 bits per heavy atom. The van der Waals surface area contributed by atoms with Crippen LogP contribution >= 0.6 is 0 Å². The molecule has 3 unspecified atom stereocenters. The van der Waals surface area contributed by atoms with E-state index < -0.39 is 11.5 Å². The van der Waals surface area contributed by atoms with Crippen LogP contribution in [0.3, 0.4) is 0 Å². The summed E-state index contributed by atoms with van der Waals surface area (Å²) in [6, 6.07) is 8.83. The number of nitrogens with two attached hydrogens (primary N) is 1. The van der Waals surface area contributed by atoms with Crippen LogP contribution in [0, 0.1) is 0 Å². The lowest BCUT2D eigenvalue weighted by molar-refractivity contribution is -0.148. The molecular formula is C16H23NO4. The number of carboxylic acid groups (broad SMARTS) is 1. The Kier molecular flexibility index (Phi) is 5.33. The van der Waals surface area contributed by atoms with Crippen molar-refractivity contribution in [1.29, 1.82) is 0 Å². The summed E-state index contributed by atoms with van der Waals surface area (Å²) < 4.78 is 11.2. The molecule has 0 aromatic heterocycles. The normalized spacial score (nSPS) is 25.2. The van der Waals surface area contributed by atoms with E-state index in [1.807, 2.05) is 6.07 Å². The Balaban J connectivity index is 2.02. The number of methoxy groups -OCH3 is 1. The lowest BCUT2D eigenvalue weighted by Crippen LogP contribution is -2.50. The summed E-state index contributed by atoms with van der Waals surface area (Å²) in [5.74, 6) is -1.08. The second kappa shape index (κ2) is 7.02. The van der Waals surface area contributed by atoms with Gasteiger partial charge in [-0.1, -0.05) is 30.3 Å². The van der Waals surface area contributed by atoms with E-state index in [0.717, 1.165) is 25.7 Å². The Hall–Kier alpha value is -1.43. The van der Waals surface area contributed by atoms with Crippen molar-refractivity contribution in [1.82, 2.24) is 0 Å². The first-order valence-electron chi connectivity index (χ1n) is 7.28. The number of hydrogen-bond acceptors (Lipinski definition) is 4. The van der Waals surface area contributed by atoms with Crippen molar-refractivity contribution < 1.29 is 19.4 Å². The number of ether oxygens (including phenoxy) is 2. The highest BCUT2D eigenvalue weighted by Gasteiger charge is 2.37. The quantitative estimate of drug-likeness (QED) is 0.837. The van der Waals surface area contributed by atoms with Gasteiger partial charge in [-0.3, -0.25) is 0 Å². The van der Waals surface area contributed by atoms with Gasteiger partial charge in [0, 0.05) is 7.11 Å². The lowest BCUT2D eigenvalue weighted by Gasteiger charge is -2.32. The summed E-state index contributed by atoms with van der Waals surface area (Å²) in [6.07, 6.45) is 3.97. The maximum atomic E-state index is 11.6. The smallest absolute Gasteiger partial charge is 0.330 e. The van der Waals surface area contributed by atoms with Crippen LogP contribution in [-0.4, -0.2) is 37.0 Å². The maximum Gasteiger partial charge on any atom is 0.330 e. The first-order chi connectivity index (χ1) is 10.1. The number of aliphatic carboxylic acids is 1. The molecule has 2 rings (SSSR count). The van der Waals surface area contributed by atoms with Gasteiger partial charge in [-0.25, -0.2) is 4.79 Å². The largest absolute Gasteiger partial charge is 0.480 e. The molecule has 1 aliphatic rings. The summed E-state index contributed by atoms with van der Waals surface area (Å²) in [7, 11) is 1.70. The maximum absolute atomic E-state index is 11.6. The highest BCUT2D eigenvalue weighted by Crippen LogP contribution is 2.26. The molecule has 0 radical (unpaired) electrons. The molecule has 5 nitrogen and oxygen atoms in total. The van der Waals surface area contributed by atoms with Gasteiger partial charge in [0.25, 0.3) is 0 Å². The van der Waals surface area contributed by atoms with E-state index in [4.69, 9.17) is 15.2 Å². The number of carbonyl (C=O) groups is 1. The summed E-state index contributed by atoms with van der Waals surface area (Å²) in [5, 5.41) is 9.48. The third-order valence-corrected chi connectivity index (χ3v) is 4.13. The van der Waals surface area contributed by atoms with E-state index in [-0.39, 0.29) is 18.8 Å². The van der Waals surface area contributed by atoms with Gasteiger partial charge >= 0.3 is 5.97 Å². The van der Waals surface area contributed by atoms with Gasteiger partial charge in [0.1, 0.15) is 0 Å². The zero-order valence-corrected chi connectivity index (χ0v) is 12.3. The molecule has 0 amide bonds. The van der Waals surface area contributed by atoms with Crippen LogP contribution in [0.25, 0.3) is 0 Å². The Morgan fingerprint density at radius 3 is 2.62 bits per heavy atom. The zero-order valence-electron chi connectivity index (χ0n) is 12.3. The van der Waals surface area contributed by atoms with Gasteiger partial charge in [0.05, 0.1) is 18.8 Å². The molecule has 0 bridgehead atoms. The summed E-state index contributed by atoms with van der Waals surface area (Å²) in [4.78, 5) is 11.6. The SMILES string of the molecule is COC1CCCC(OCC(N)(C(=O)O)c2ccccc2)C1. The highest BCUT2D eigenvalue weighted by atomic mass is 16.5. The topological polar surface area (TPSA) is 81.8 Å². The molecule has 0 heterocycles. The first-order valence-corrected chi connectivity index (χ1v) is 7.28. The minimum Gasteiger partial charge on any atom is -0.480 e. The third-order valence-electron chi connectivity index (χ3n) is 4.13. The fourth-order valence-corrected chi connectivity index (χ4v) is 2.72. The van der Waals surface area contributed by atoms with Crippen LogP contribution in [0.1, 0.15) is 31.2 Å². The van der Waals surface area contributed by atoms with Crippen molar-refractivity contribution >= 4 is 5.97 Å². The molecule has 3 N–H and O–H groups in total. The molecule has 0 spiro atoms. The molecule has 3 atom stereocenters. The molecule has 1 fully saturated rings. The van der Waals surface area contributed by atoms with E-state index in [9.17, 15) is 9.90 Å². The van der Waals surface area contributed by atoms with Crippen LogP contribution in [-0.2, 0) is 19.8 Å². The van der Waals surface area contributed by atoms with Gasteiger partial charge < -0.3 is 20.3 Å². The van der Waals surface area contributed by atoms with Crippen LogP contribution in [0.4, 0.5) is 0 Å². The summed E-state index contributed by atoms with van der Waals surface area (Å²) in [6.45, 7) is -0.0343. The van der Waals surface area contributed by atoms with Crippen LogP contribution in [0.15, 0.2) is 30.3 Å². The minimum atomic E-state index is -1.51. The van der Waals surface area contributed by atoms with Crippen molar-refractivity contribution in [2.24, 2.45) is 5.73 Å². The van der Waals surface area contributed by atoms with Crippen molar-refractivity contribution in [3.8, 4) is 0 Å². The standard InChI is InChI=1S/C16H23NO4/c1-20-13-8-5-9-14(10-13)21-11-16(17,15(18)19)12-6-3-2-4-7-12/h2-4,6-7,13-14H,5,8-11,17H2,1H3,(H,18,19). The molecular weight excluding hydrogens is 270 g/mol. The molecule has 5 heteroatoms. The summed E-state index contributed by atoms with van der Waals surface area (Å²) >= 11 is 0. The fourth-order valence-electron chi connectivity index (χ4n) is 2.72. The molecule has 0 saturated heterocycles. The molecule has 116 valence electrons. The Labute approximate surface area is 125 Å². The van der Waals surface area contributed by atoms with Gasteiger partial charge in [-0.2, -0.15) is 0 Å². The van der Waals surface area contributed by atoms with Gasteiger partial charge in [-0.05, 0) is 31.2 Å². The Morgan fingerprint density at radius 2 is 2.00 bits per heavy atom. The molecule has 21 heavy (non-hydrogen) atoms. The van der Waals surface area contributed by atoms with Crippen LogP contribution in [0.2, 0.25) is 0 Å². The molecule has 1 saturated carbocycles. The molecule has 1 aromatic carbocycles.